The van der Waals surface area contributed by atoms with Crippen molar-refractivity contribution in [3.8, 4) is 11.3 Å². The molecule has 1 aromatic heterocycles. The molecule has 0 aliphatic carbocycles. The van der Waals surface area contributed by atoms with Crippen molar-refractivity contribution in [1.29, 1.82) is 0 Å². The Morgan fingerprint density at radius 2 is 1.73 bits per heavy atom. The molecule has 0 radical (unpaired) electrons. The summed E-state index contributed by atoms with van der Waals surface area (Å²) in [5.74, 6) is 0.498. The average Bonchev–Trinajstić information content (AvgIpc) is 3.33. The normalized spacial score (nSPS) is 13.7. The van der Waals surface area contributed by atoms with Crippen LogP contribution in [0.2, 0.25) is 0 Å². The number of carbonyl (C=O) groups excluding carboxylic acids is 2. The molecule has 0 unspecified atom stereocenters. The van der Waals surface area contributed by atoms with Gasteiger partial charge in [0.15, 0.2) is 5.13 Å². The van der Waals surface area contributed by atoms with E-state index in [1.54, 1.807) is 0 Å². The lowest BCUT2D eigenvalue weighted by atomic mass is 10.1. The second kappa shape index (κ2) is 11.3. The van der Waals surface area contributed by atoms with Gasteiger partial charge in [0.1, 0.15) is 0 Å². The number of hydrogen-bond donors (Lipinski definition) is 1. The summed E-state index contributed by atoms with van der Waals surface area (Å²) in [6, 6.07) is 18.6. The first-order valence-electron chi connectivity index (χ1n) is 11.1. The maximum absolute atomic E-state index is 12.5. The van der Waals surface area contributed by atoms with Crippen LogP contribution in [-0.2, 0) is 16.0 Å². The standard InChI is InChI=1S/C25H28N4O2S2/c1-2-19-8-10-20(11-9-19)22-16-33-25(26-22)27-23(30)17-32-18-24(31)29-14-12-28(13-15-29)21-6-4-3-5-7-21/h3-11,16H,2,12-15,17-18H2,1H3,(H,26,27,30). The summed E-state index contributed by atoms with van der Waals surface area (Å²) in [6.07, 6.45) is 1.00. The monoisotopic (exact) mass is 480 g/mol. The maximum Gasteiger partial charge on any atom is 0.236 e. The van der Waals surface area contributed by atoms with Gasteiger partial charge in [-0.1, -0.05) is 49.4 Å². The van der Waals surface area contributed by atoms with E-state index in [1.165, 1.54) is 34.3 Å². The minimum Gasteiger partial charge on any atom is -0.368 e. The number of hydrogen-bond acceptors (Lipinski definition) is 6. The van der Waals surface area contributed by atoms with Crippen molar-refractivity contribution < 1.29 is 9.59 Å². The highest BCUT2D eigenvalue weighted by atomic mass is 32.2. The predicted molar refractivity (Wildman–Crippen MR) is 138 cm³/mol. The first-order chi connectivity index (χ1) is 16.1. The molecule has 33 heavy (non-hydrogen) atoms. The van der Waals surface area contributed by atoms with Gasteiger partial charge in [0.2, 0.25) is 11.8 Å². The van der Waals surface area contributed by atoms with Crippen LogP contribution >= 0.6 is 23.1 Å². The minimum absolute atomic E-state index is 0.0903. The third kappa shape index (κ3) is 6.36. The summed E-state index contributed by atoms with van der Waals surface area (Å²) in [6.45, 7) is 5.20. The van der Waals surface area contributed by atoms with Crippen LogP contribution in [0.15, 0.2) is 60.0 Å². The lowest BCUT2D eigenvalue weighted by Gasteiger charge is -2.36. The molecule has 1 aliphatic rings. The first-order valence-corrected chi connectivity index (χ1v) is 13.2. The summed E-state index contributed by atoms with van der Waals surface area (Å²) < 4.78 is 0. The Balaban J connectivity index is 1.18. The van der Waals surface area contributed by atoms with Crippen LogP contribution in [0.5, 0.6) is 0 Å². The topological polar surface area (TPSA) is 65.5 Å². The van der Waals surface area contributed by atoms with Gasteiger partial charge in [-0.2, -0.15) is 0 Å². The Morgan fingerprint density at radius 1 is 1.00 bits per heavy atom. The van der Waals surface area contributed by atoms with E-state index >= 15 is 0 Å². The number of para-hydroxylation sites is 1. The van der Waals surface area contributed by atoms with Gasteiger partial charge < -0.3 is 15.1 Å². The van der Waals surface area contributed by atoms with E-state index in [-0.39, 0.29) is 17.6 Å². The van der Waals surface area contributed by atoms with Gasteiger partial charge in [-0.05, 0) is 24.1 Å². The molecule has 1 saturated heterocycles. The molecule has 1 N–H and O–H groups in total. The average molecular weight is 481 g/mol. The van der Waals surface area contributed by atoms with Crippen molar-refractivity contribution in [2.75, 3.05) is 47.9 Å². The molecule has 3 aromatic rings. The number of amides is 2. The number of aryl methyl sites for hydroxylation is 1. The van der Waals surface area contributed by atoms with E-state index in [9.17, 15) is 9.59 Å². The molecule has 2 aromatic carbocycles. The van der Waals surface area contributed by atoms with E-state index in [1.807, 2.05) is 28.5 Å². The van der Waals surface area contributed by atoms with Gasteiger partial charge in [0, 0.05) is 42.8 Å². The number of piperazine rings is 1. The van der Waals surface area contributed by atoms with Crippen molar-refractivity contribution in [2.24, 2.45) is 0 Å². The Bertz CT molecular complexity index is 1060. The highest BCUT2D eigenvalue weighted by molar-refractivity contribution is 8.00. The van der Waals surface area contributed by atoms with Crippen LogP contribution in [0.4, 0.5) is 10.8 Å². The molecule has 0 atom stereocenters. The van der Waals surface area contributed by atoms with Crippen LogP contribution in [0, 0.1) is 0 Å². The molecular formula is C25H28N4O2S2. The summed E-state index contributed by atoms with van der Waals surface area (Å²) in [5, 5.41) is 5.38. The third-order valence-electron chi connectivity index (χ3n) is 5.62. The zero-order valence-corrected chi connectivity index (χ0v) is 20.3. The molecule has 172 valence electrons. The van der Waals surface area contributed by atoms with Crippen LogP contribution in [0.1, 0.15) is 12.5 Å². The summed E-state index contributed by atoms with van der Waals surface area (Å²) in [4.78, 5) is 33.5. The molecule has 2 heterocycles. The number of carbonyl (C=O) groups is 2. The molecule has 1 fully saturated rings. The Kier molecular flexibility index (Phi) is 8.01. The maximum atomic E-state index is 12.5. The van der Waals surface area contributed by atoms with E-state index in [2.05, 4.69) is 58.5 Å². The molecule has 8 heteroatoms. The Hall–Kier alpha value is -2.84. The fourth-order valence-corrected chi connectivity index (χ4v) is 5.16. The van der Waals surface area contributed by atoms with Crippen molar-refractivity contribution >= 4 is 45.7 Å². The largest absolute Gasteiger partial charge is 0.368 e. The second-order valence-corrected chi connectivity index (χ2v) is 9.68. The van der Waals surface area contributed by atoms with Crippen molar-refractivity contribution in [2.45, 2.75) is 13.3 Å². The van der Waals surface area contributed by atoms with Crippen LogP contribution in [0.3, 0.4) is 0 Å². The first kappa shape index (κ1) is 23.3. The number of rotatable bonds is 8. The Labute approximate surface area is 203 Å². The van der Waals surface area contributed by atoms with Gasteiger partial charge >= 0.3 is 0 Å². The molecule has 0 saturated carbocycles. The van der Waals surface area contributed by atoms with E-state index < -0.39 is 0 Å². The molecule has 0 spiro atoms. The van der Waals surface area contributed by atoms with E-state index in [4.69, 9.17) is 0 Å². The fourth-order valence-electron chi connectivity index (χ4n) is 3.71. The van der Waals surface area contributed by atoms with Gasteiger partial charge in [-0.25, -0.2) is 4.98 Å². The minimum atomic E-state index is -0.135. The predicted octanol–water partition coefficient (Wildman–Crippen LogP) is 4.39. The van der Waals surface area contributed by atoms with Gasteiger partial charge in [0.25, 0.3) is 0 Å². The highest BCUT2D eigenvalue weighted by Gasteiger charge is 2.21. The van der Waals surface area contributed by atoms with Gasteiger partial charge in [-0.3, -0.25) is 9.59 Å². The number of benzene rings is 2. The van der Waals surface area contributed by atoms with Crippen molar-refractivity contribution in [3.05, 3.63) is 65.5 Å². The molecule has 0 bridgehead atoms. The van der Waals surface area contributed by atoms with Crippen molar-refractivity contribution in [3.63, 3.8) is 0 Å². The number of thioether (sulfide) groups is 1. The van der Waals surface area contributed by atoms with E-state index in [0.717, 1.165) is 30.8 Å². The lowest BCUT2D eigenvalue weighted by molar-refractivity contribution is -0.128. The molecule has 6 nitrogen and oxygen atoms in total. The molecular weight excluding hydrogens is 452 g/mol. The number of anilines is 2. The second-order valence-electron chi connectivity index (χ2n) is 7.83. The van der Waals surface area contributed by atoms with Crippen LogP contribution in [0.25, 0.3) is 11.3 Å². The smallest absolute Gasteiger partial charge is 0.236 e. The molecule has 2 amide bonds. The van der Waals surface area contributed by atoms with E-state index in [0.29, 0.717) is 24.0 Å². The van der Waals surface area contributed by atoms with Gasteiger partial charge in [0.05, 0.1) is 17.2 Å². The molecule has 4 rings (SSSR count). The summed E-state index contributed by atoms with van der Waals surface area (Å²) >= 11 is 2.76. The quantitative estimate of drug-likeness (QED) is 0.518. The fraction of sp³-hybridized carbons (Fsp3) is 0.320. The zero-order chi connectivity index (χ0) is 23.0. The Morgan fingerprint density at radius 3 is 2.42 bits per heavy atom. The molecule has 1 aliphatic heterocycles. The highest BCUT2D eigenvalue weighted by Crippen LogP contribution is 2.25. The van der Waals surface area contributed by atoms with Crippen LogP contribution in [-0.4, -0.2) is 59.4 Å². The van der Waals surface area contributed by atoms with Gasteiger partial charge in [-0.15, -0.1) is 23.1 Å². The van der Waals surface area contributed by atoms with Crippen LogP contribution < -0.4 is 10.2 Å². The number of nitrogens with zero attached hydrogens (tertiary/aromatic N) is 3. The SMILES string of the molecule is CCc1ccc(-c2csc(NC(=O)CSCC(=O)N3CCN(c4ccccc4)CC3)n2)cc1. The number of aromatic nitrogens is 1. The summed E-state index contributed by atoms with van der Waals surface area (Å²) in [5.41, 5.74) is 4.37. The lowest BCUT2D eigenvalue weighted by Crippen LogP contribution is -2.49. The summed E-state index contributed by atoms with van der Waals surface area (Å²) in [7, 11) is 0. The third-order valence-corrected chi connectivity index (χ3v) is 7.30. The zero-order valence-electron chi connectivity index (χ0n) is 18.7. The van der Waals surface area contributed by atoms with Crippen molar-refractivity contribution in [1.82, 2.24) is 9.88 Å². The number of nitrogens with one attached hydrogen (secondary N) is 1. The number of thiazole rings is 1.